The Labute approximate surface area is 110 Å². The molecule has 19 heavy (non-hydrogen) atoms. The number of carbonyl (C=O) groups excluding carboxylic acids is 1. The Bertz CT molecular complexity index is 495. The number of amides is 1. The van der Waals surface area contributed by atoms with Gasteiger partial charge in [-0.2, -0.15) is 0 Å². The smallest absolute Gasteiger partial charge is 0.260 e. The number of halogens is 1. The number of piperidine rings is 1. The molecule has 0 aliphatic carbocycles. The van der Waals surface area contributed by atoms with E-state index in [2.05, 4.69) is 5.32 Å². The van der Waals surface area contributed by atoms with Gasteiger partial charge < -0.3 is 15.2 Å². The van der Waals surface area contributed by atoms with Gasteiger partial charge >= 0.3 is 0 Å². The second-order valence-electron chi connectivity index (χ2n) is 5.33. The topological polar surface area (TPSA) is 58.6 Å². The SMILES string of the molecule is O=C1N[C@@]2(c3ccccc3)COC[C@H]2CC1(F)CO. The van der Waals surface area contributed by atoms with Gasteiger partial charge in [0.05, 0.1) is 25.4 Å². The molecule has 0 spiro atoms. The highest BCUT2D eigenvalue weighted by Gasteiger charge is 2.57. The molecule has 0 bridgehead atoms. The molecule has 1 unspecified atom stereocenters. The maximum Gasteiger partial charge on any atom is 0.260 e. The molecule has 1 amide bonds. The van der Waals surface area contributed by atoms with E-state index < -0.39 is 23.7 Å². The number of aliphatic hydroxyl groups is 1. The zero-order valence-corrected chi connectivity index (χ0v) is 10.4. The number of carbonyl (C=O) groups is 1. The van der Waals surface area contributed by atoms with E-state index in [0.717, 1.165) is 5.56 Å². The van der Waals surface area contributed by atoms with Gasteiger partial charge in [0, 0.05) is 12.3 Å². The highest BCUT2D eigenvalue weighted by molar-refractivity contribution is 5.87. The molecule has 0 saturated carbocycles. The second-order valence-corrected chi connectivity index (χ2v) is 5.33. The van der Waals surface area contributed by atoms with Gasteiger partial charge in [-0.25, -0.2) is 4.39 Å². The summed E-state index contributed by atoms with van der Waals surface area (Å²) in [5, 5.41) is 11.9. The predicted molar refractivity (Wildman–Crippen MR) is 66.1 cm³/mol. The van der Waals surface area contributed by atoms with Crippen molar-refractivity contribution < 1.29 is 19.0 Å². The van der Waals surface area contributed by atoms with Crippen LogP contribution in [0, 0.1) is 5.92 Å². The number of benzene rings is 1. The fraction of sp³-hybridized carbons (Fsp3) is 0.500. The Morgan fingerprint density at radius 2 is 2.16 bits per heavy atom. The van der Waals surface area contributed by atoms with E-state index >= 15 is 0 Å². The van der Waals surface area contributed by atoms with E-state index in [-0.39, 0.29) is 12.3 Å². The number of nitrogens with one attached hydrogen (secondary N) is 1. The molecule has 2 N–H and O–H groups in total. The van der Waals surface area contributed by atoms with E-state index in [1.165, 1.54) is 0 Å². The number of fused-ring (bicyclic) bond motifs is 1. The van der Waals surface area contributed by atoms with Crippen LogP contribution < -0.4 is 5.32 Å². The van der Waals surface area contributed by atoms with Crippen molar-refractivity contribution in [2.24, 2.45) is 5.92 Å². The summed E-state index contributed by atoms with van der Waals surface area (Å²) in [6.07, 6.45) is -0.00969. The van der Waals surface area contributed by atoms with Crippen LogP contribution in [0.1, 0.15) is 12.0 Å². The Kier molecular flexibility index (Phi) is 2.83. The van der Waals surface area contributed by atoms with Crippen molar-refractivity contribution in [3.63, 3.8) is 0 Å². The van der Waals surface area contributed by atoms with Gasteiger partial charge in [0.2, 0.25) is 5.67 Å². The maximum absolute atomic E-state index is 14.3. The fourth-order valence-corrected chi connectivity index (χ4v) is 3.05. The summed E-state index contributed by atoms with van der Waals surface area (Å²) in [4.78, 5) is 12.0. The van der Waals surface area contributed by atoms with Gasteiger partial charge in [-0.3, -0.25) is 4.79 Å². The lowest BCUT2D eigenvalue weighted by molar-refractivity contribution is -0.145. The van der Waals surface area contributed by atoms with Crippen LogP contribution in [0.25, 0.3) is 0 Å². The summed E-state index contributed by atoms with van der Waals surface area (Å²) in [5.74, 6) is -0.912. The molecular formula is C14H16FNO3. The molecule has 5 heteroatoms. The lowest BCUT2D eigenvalue weighted by Gasteiger charge is -2.43. The zero-order chi connectivity index (χ0) is 13.5. The van der Waals surface area contributed by atoms with Crippen LogP contribution in [0.5, 0.6) is 0 Å². The molecule has 2 saturated heterocycles. The van der Waals surface area contributed by atoms with Crippen molar-refractivity contribution in [3.8, 4) is 0 Å². The third kappa shape index (κ3) is 1.76. The minimum Gasteiger partial charge on any atom is -0.392 e. The average molecular weight is 265 g/mol. The summed E-state index contributed by atoms with van der Waals surface area (Å²) in [5.41, 5.74) is -1.94. The summed E-state index contributed by atoms with van der Waals surface area (Å²) < 4.78 is 19.8. The van der Waals surface area contributed by atoms with E-state index in [1.807, 2.05) is 30.3 Å². The van der Waals surface area contributed by atoms with E-state index in [1.54, 1.807) is 0 Å². The summed E-state index contributed by atoms with van der Waals surface area (Å²) >= 11 is 0. The largest absolute Gasteiger partial charge is 0.392 e. The summed E-state index contributed by atoms with van der Waals surface area (Å²) in [6, 6.07) is 9.48. The number of ether oxygens (including phenoxy) is 1. The molecule has 2 aliphatic rings. The van der Waals surface area contributed by atoms with Crippen LogP contribution in [-0.2, 0) is 15.1 Å². The van der Waals surface area contributed by atoms with Gasteiger partial charge in [0.25, 0.3) is 5.91 Å². The van der Waals surface area contributed by atoms with Crippen LogP contribution >= 0.6 is 0 Å². The lowest BCUT2D eigenvalue weighted by atomic mass is 9.72. The minimum absolute atomic E-state index is 0.00969. The Balaban J connectivity index is 2.00. The molecular weight excluding hydrogens is 249 g/mol. The molecule has 0 radical (unpaired) electrons. The third-order valence-corrected chi connectivity index (χ3v) is 4.20. The Hall–Kier alpha value is -1.46. The van der Waals surface area contributed by atoms with Crippen LogP contribution in [-0.4, -0.2) is 36.5 Å². The summed E-state index contributed by atoms with van der Waals surface area (Å²) in [7, 11) is 0. The normalized spacial score (nSPS) is 37.8. The molecule has 1 aromatic rings. The third-order valence-electron chi connectivity index (χ3n) is 4.20. The van der Waals surface area contributed by atoms with Crippen molar-refractivity contribution in [3.05, 3.63) is 35.9 Å². The maximum atomic E-state index is 14.3. The van der Waals surface area contributed by atoms with Crippen molar-refractivity contribution in [1.29, 1.82) is 0 Å². The lowest BCUT2D eigenvalue weighted by Crippen LogP contribution is -2.64. The zero-order valence-electron chi connectivity index (χ0n) is 10.4. The van der Waals surface area contributed by atoms with Crippen LogP contribution in [0.4, 0.5) is 4.39 Å². The van der Waals surface area contributed by atoms with E-state index in [4.69, 9.17) is 9.84 Å². The second kappa shape index (κ2) is 4.28. The number of rotatable bonds is 2. The molecule has 2 fully saturated rings. The standard InChI is InChI=1S/C14H16FNO3/c15-13(8-17)6-11-7-19-9-14(11,16-12(13)18)10-4-2-1-3-5-10/h1-5,11,17H,6-9H2,(H,16,18)/t11-,13?,14-/m1/s1. The Morgan fingerprint density at radius 1 is 1.42 bits per heavy atom. The molecule has 4 nitrogen and oxygen atoms in total. The fourth-order valence-electron chi connectivity index (χ4n) is 3.05. The van der Waals surface area contributed by atoms with Crippen molar-refractivity contribution >= 4 is 5.91 Å². The molecule has 1 aromatic carbocycles. The van der Waals surface area contributed by atoms with Gasteiger partial charge in [0.1, 0.15) is 0 Å². The first-order valence-corrected chi connectivity index (χ1v) is 6.36. The highest BCUT2D eigenvalue weighted by Crippen LogP contribution is 2.44. The molecule has 3 atom stereocenters. The molecule has 2 heterocycles. The van der Waals surface area contributed by atoms with Crippen LogP contribution in [0.2, 0.25) is 0 Å². The average Bonchev–Trinajstić information content (AvgIpc) is 2.84. The minimum atomic E-state index is -2.20. The van der Waals surface area contributed by atoms with E-state index in [9.17, 15) is 9.18 Å². The number of alkyl halides is 1. The summed E-state index contributed by atoms with van der Waals surface area (Å²) in [6.45, 7) is -0.0595. The monoisotopic (exact) mass is 265 g/mol. The first kappa shape index (κ1) is 12.6. The van der Waals surface area contributed by atoms with E-state index in [0.29, 0.717) is 13.2 Å². The highest BCUT2D eigenvalue weighted by atomic mass is 19.1. The Morgan fingerprint density at radius 3 is 2.84 bits per heavy atom. The van der Waals surface area contributed by atoms with Gasteiger partial charge in [-0.1, -0.05) is 30.3 Å². The van der Waals surface area contributed by atoms with Crippen LogP contribution in [0.3, 0.4) is 0 Å². The van der Waals surface area contributed by atoms with Gasteiger partial charge in [0.15, 0.2) is 0 Å². The molecule has 102 valence electrons. The quantitative estimate of drug-likeness (QED) is 0.829. The van der Waals surface area contributed by atoms with Gasteiger partial charge in [-0.15, -0.1) is 0 Å². The number of aliphatic hydroxyl groups excluding tert-OH is 1. The predicted octanol–water partition coefficient (Wildman–Crippen LogP) is 0.749. The first-order chi connectivity index (χ1) is 9.11. The van der Waals surface area contributed by atoms with Crippen LogP contribution in [0.15, 0.2) is 30.3 Å². The molecule has 2 aliphatic heterocycles. The van der Waals surface area contributed by atoms with Crippen molar-refractivity contribution in [2.45, 2.75) is 17.6 Å². The van der Waals surface area contributed by atoms with Crippen molar-refractivity contribution in [1.82, 2.24) is 5.32 Å². The number of hydrogen-bond donors (Lipinski definition) is 2. The number of hydrogen-bond acceptors (Lipinski definition) is 3. The molecule has 3 rings (SSSR count). The van der Waals surface area contributed by atoms with Crippen molar-refractivity contribution in [2.75, 3.05) is 19.8 Å². The first-order valence-electron chi connectivity index (χ1n) is 6.36. The molecule has 0 aromatic heterocycles. The van der Waals surface area contributed by atoms with Gasteiger partial charge in [-0.05, 0) is 5.56 Å².